The van der Waals surface area contributed by atoms with E-state index in [9.17, 15) is 9.59 Å². The van der Waals surface area contributed by atoms with Crippen molar-refractivity contribution in [1.29, 1.82) is 0 Å². The smallest absolute Gasteiger partial charge is 0.246 e. The molecule has 0 saturated carbocycles. The summed E-state index contributed by atoms with van der Waals surface area (Å²) in [5.74, 6) is -0.401. The quantitative estimate of drug-likeness (QED) is 0.630. The first kappa shape index (κ1) is 17.7. The Morgan fingerprint density at radius 3 is 2.52 bits per heavy atom. The van der Waals surface area contributed by atoms with Crippen molar-refractivity contribution >= 4 is 27.7 Å². The van der Waals surface area contributed by atoms with Gasteiger partial charge >= 0.3 is 0 Å². The average Bonchev–Trinajstić information content (AvgIpc) is 2.44. The number of primary amides is 1. The summed E-state index contributed by atoms with van der Waals surface area (Å²) in [7, 11) is 0. The van der Waals surface area contributed by atoms with Crippen LogP contribution in [0.4, 0.5) is 0 Å². The Balaban J connectivity index is 2.01. The van der Waals surface area contributed by atoms with E-state index in [2.05, 4.69) is 21.2 Å². The van der Waals surface area contributed by atoms with Gasteiger partial charge in [0.15, 0.2) is 0 Å². The molecule has 0 aliphatic carbocycles. The first-order chi connectivity index (χ1) is 10.1. The summed E-state index contributed by atoms with van der Waals surface area (Å²) >= 11 is 3.36. The molecule has 0 aliphatic heterocycles. The SMILES string of the molecule is NC(=O)CCCCCNC(=O)COCc1ccc(Br)cc1. The normalized spacial score (nSPS) is 10.3. The Bertz CT molecular complexity index is 449. The number of benzene rings is 1. The Labute approximate surface area is 133 Å². The molecular formula is C15H21BrN2O3. The second-order valence-electron chi connectivity index (χ2n) is 4.75. The zero-order valence-electron chi connectivity index (χ0n) is 11.9. The molecule has 0 aromatic heterocycles. The van der Waals surface area contributed by atoms with E-state index in [0.717, 1.165) is 29.3 Å². The van der Waals surface area contributed by atoms with E-state index in [4.69, 9.17) is 10.5 Å². The number of nitrogens with two attached hydrogens (primary N) is 1. The Morgan fingerprint density at radius 1 is 1.14 bits per heavy atom. The third kappa shape index (κ3) is 9.20. The summed E-state index contributed by atoms with van der Waals surface area (Å²) in [6, 6.07) is 7.76. The first-order valence-corrected chi connectivity index (χ1v) is 7.74. The number of amides is 2. The van der Waals surface area contributed by atoms with Gasteiger partial charge in [-0.25, -0.2) is 0 Å². The van der Waals surface area contributed by atoms with Gasteiger partial charge in [-0.05, 0) is 30.5 Å². The van der Waals surface area contributed by atoms with Crippen molar-refractivity contribution in [3.8, 4) is 0 Å². The van der Waals surface area contributed by atoms with E-state index in [1.54, 1.807) is 0 Å². The molecule has 21 heavy (non-hydrogen) atoms. The number of carbonyl (C=O) groups excluding carboxylic acids is 2. The molecule has 0 spiro atoms. The lowest BCUT2D eigenvalue weighted by molar-refractivity contribution is -0.126. The lowest BCUT2D eigenvalue weighted by Gasteiger charge is -2.06. The van der Waals surface area contributed by atoms with E-state index in [1.165, 1.54) is 0 Å². The fourth-order valence-corrected chi connectivity index (χ4v) is 1.99. The Hall–Kier alpha value is -1.40. The third-order valence-electron chi connectivity index (χ3n) is 2.84. The van der Waals surface area contributed by atoms with Crippen LogP contribution in [0.5, 0.6) is 0 Å². The van der Waals surface area contributed by atoms with E-state index in [0.29, 0.717) is 19.6 Å². The molecule has 1 rings (SSSR count). The number of nitrogens with one attached hydrogen (secondary N) is 1. The van der Waals surface area contributed by atoms with Gasteiger partial charge in [0.1, 0.15) is 6.61 Å². The Kier molecular flexibility index (Phi) is 8.69. The van der Waals surface area contributed by atoms with Crippen LogP contribution >= 0.6 is 15.9 Å². The minimum atomic E-state index is -0.277. The lowest BCUT2D eigenvalue weighted by atomic mass is 10.2. The summed E-state index contributed by atoms with van der Waals surface area (Å²) < 4.78 is 6.36. The second-order valence-corrected chi connectivity index (χ2v) is 5.66. The molecule has 0 fully saturated rings. The highest BCUT2D eigenvalue weighted by Crippen LogP contribution is 2.10. The average molecular weight is 357 g/mol. The zero-order chi connectivity index (χ0) is 15.5. The number of carbonyl (C=O) groups is 2. The van der Waals surface area contributed by atoms with Crippen molar-refractivity contribution in [3.63, 3.8) is 0 Å². The molecule has 2 amide bonds. The number of unbranched alkanes of at least 4 members (excludes halogenated alkanes) is 2. The maximum atomic E-state index is 11.5. The molecule has 116 valence electrons. The number of ether oxygens (including phenoxy) is 1. The summed E-state index contributed by atoms with van der Waals surface area (Å²) in [5, 5.41) is 2.78. The van der Waals surface area contributed by atoms with Crippen LogP contribution in [0.2, 0.25) is 0 Å². The third-order valence-corrected chi connectivity index (χ3v) is 3.37. The number of rotatable bonds is 10. The largest absolute Gasteiger partial charge is 0.370 e. The van der Waals surface area contributed by atoms with Gasteiger partial charge in [-0.15, -0.1) is 0 Å². The first-order valence-electron chi connectivity index (χ1n) is 6.95. The zero-order valence-corrected chi connectivity index (χ0v) is 13.5. The van der Waals surface area contributed by atoms with Crippen LogP contribution in [0.1, 0.15) is 31.2 Å². The molecule has 0 bridgehead atoms. The monoisotopic (exact) mass is 356 g/mol. The van der Waals surface area contributed by atoms with E-state index < -0.39 is 0 Å². The summed E-state index contributed by atoms with van der Waals surface area (Å²) in [6.45, 7) is 1.07. The number of hydrogen-bond donors (Lipinski definition) is 2. The molecule has 0 aliphatic rings. The molecule has 0 radical (unpaired) electrons. The van der Waals surface area contributed by atoms with Crippen molar-refractivity contribution in [2.24, 2.45) is 5.73 Å². The highest BCUT2D eigenvalue weighted by atomic mass is 79.9. The molecule has 6 heteroatoms. The van der Waals surface area contributed by atoms with Crippen molar-refractivity contribution < 1.29 is 14.3 Å². The Morgan fingerprint density at radius 2 is 1.86 bits per heavy atom. The highest BCUT2D eigenvalue weighted by molar-refractivity contribution is 9.10. The van der Waals surface area contributed by atoms with Gasteiger partial charge in [-0.3, -0.25) is 9.59 Å². The maximum Gasteiger partial charge on any atom is 0.246 e. The van der Waals surface area contributed by atoms with E-state index in [-0.39, 0.29) is 18.4 Å². The van der Waals surface area contributed by atoms with Gasteiger partial charge in [-0.1, -0.05) is 34.5 Å². The summed E-state index contributed by atoms with van der Waals surface area (Å²) in [5.41, 5.74) is 6.06. The van der Waals surface area contributed by atoms with Gasteiger partial charge in [0.2, 0.25) is 11.8 Å². The highest BCUT2D eigenvalue weighted by Gasteiger charge is 2.01. The van der Waals surface area contributed by atoms with E-state index >= 15 is 0 Å². The van der Waals surface area contributed by atoms with Crippen LogP contribution in [-0.4, -0.2) is 25.0 Å². The lowest BCUT2D eigenvalue weighted by Crippen LogP contribution is -2.28. The van der Waals surface area contributed by atoms with Crippen LogP contribution < -0.4 is 11.1 Å². The van der Waals surface area contributed by atoms with Crippen molar-refractivity contribution in [2.75, 3.05) is 13.2 Å². The molecule has 1 aromatic carbocycles. The van der Waals surface area contributed by atoms with Crippen LogP contribution in [0.25, 0.3) is 0 Å². The molecule has 0 heterocycles. The van der Waals surface area contributed by atoms with E-state index in [1.807, 2.05) is 24.3 Å². The van der Waals surface area contributed by atoms with Crippen LogP contribution in [0.3, 0.4) is 0 Å². The fraction of sp³-hybridized carbons (Fsp3) is 0.467. The van der Waals surface area contributed by atoms with Crippen LogP contribution in [0.15, 0.2) is 28.7 Å². The summed E-state index contributed by atoms with van der Waals surface area (Å²) in [6.07, 6.45) is 2.89. The van der Waals surface area contributed by atoms with Crippen molar-refractivity contribution in [1.82, 2.24) is 5.32 Å². The topological polar surface area (TPSA) is 81.4 Å². The standard InChI is InChI=1S/C15H21BrN2O3/c16-13-7-5-12(6-8-13)10-21-11-15(20)18-9-3-1-2-4-14(17)19/h5-8H,1-4,9-11H2,(H2,17,19)(H,18,20). The van der Waals surface area contributed by atoms with Gasteiger partial charge in [-0.2, -0.15) is 0 Å². The number of hydrogen-bond acceptors (Lipinski definition) is 3. The van der Waals surface area contributed by atoms with Crippen LogP contribution in [-0.2, 0) is 20.9 Å². The maximum absolute atomic E-state index is 11.5. The van der Waals surface area contributed by atoms with Gasteiger partial charge in [0.05, 0.1) is 6.61 Å². The molecule has 5 nitrogen and oxygen atoms in total. The predicted octanol–water partition coefficient (Wildman–Crippen LogP) is 2.13. The minimum Gasteiger partial charge on any atom is -0.370 e. The van der Waals surface area contributed by atoms with Crippen molar-refractivity contribution in [2.45, 2.75) is 32.3 Å². The number of halogens is 1. The van der Waals surface area contributed by atoms with Gasteiger partial charge < -0.3 is 15.8 Å². The van der Waals surface area contributed by atoms with Crippen LogP contribution in [0, 0.1) is 0 Å². The van der Waals surface area contributed by atoms with Crippen molar-refractivity contribution in [3.05, 3.63) is 34.3 Å². The minimum absolute atomic E-state index is 0.0529. The molecule has 1 aromatic rings. The second kappa shape index (κ2) is 10.3. The molecular weight excluding hydrogens is 336 g/mol. The summed E-state index contributed by atoms with van der Waals surface area (Å²) in [4.78, 5) is 22.0. The molecule has 3 N–H and O–H groups in total. The van der Waals surface area contributed by atoms with Gasteiger partial charge in [0.25, 0.3) is 0 Å². The molecule has 0 unspecified atom stereocenters. The molecule has 0 saturated heterocycles. The fourth-order valence-electron chi connectivity index (χ4n) is 1.72. The van der Waals surface area contributed by atoms with Gasteiger partial charge in [0, 0.05) is 17.4 Å². The predicted molar refractivity (Wildman–Crippen MR) is 84.5 cm³/mol. The molecule has 0 atom stereocenters.